The van der Waals surface area contributed by atoms with Crippen LogP contribution in [0.4, 0.5) is 0 Å². The van der Waals surface area contributed by atoms with Crippen molar-refractivity contribution in [1.82, 2.24) is 9.88 Å². The van der Waals surface area contributed by atoms with Gasteiger partial charge in [-0.05, 0) is 25.7 Å². The highest BCUT2D eigenvalue weighted by atomic mass is 32.1. The van der Waals surface area contributed by atoms with Gasteiger partial charge in [-0.25, -0.2) is 9.78 Å². The highest BCUT2D eigenvalue weighted by Crippen LogP contribution is 2.20. The van der Waals surface area contributed by atoms with Crippen LogP contribution < -0.4 is 0 Å². The lowest BCUT2D eigenvalue weighted by atomic mass is 9.99. The Morgan fingerprint density at radius 1 is 1.52 bits per heavy atom. The molecular formula is C14H20N2O4S. The maximum absolute atomic E-state index is 12.4. The van der Waals surface area contributed by atoms with E-state index in [1.807, 2.05) is 0 Å². The van der Waals surface area contributed by atoms with Crippen molar-refractivity contribution in [3.63, 3.8) is 0 Å². The topological polar surface area (TPSA) is 68.7 Å². The van der Waals surface area contributed by atoms with Crippen LogP contribution in [0.2, 0.25) is 0 Å². The number of rotatable bonds is 5. The Morgan fingerprint density at radius 2 is 2.33 bits per heavy atom. The molecule has 0 saturated carbocycles. The zero-order valence-corrected chi connectivity index (χ0v) is 13.1. The smallest absolute Gasteiger partial charge is 0.367 e. The zero-order chi connectivity index (χ0) is 15.2. The standard InChI is InChI=1S/C14H20N2O4S/c1-3-20-14(18)12-15-11(9-21-12)13(17)16-6-4-5-10(7-16)8-19-2/h9-10H,3-8H2,1-2H3. The monoisotopic (exact) mass is 312 g/mol. The first-order chi connectivity index (χ1) is 10.2. The molecule has 1 amide bonds. The number of carbonyl (C=O) groups is 2. The van der Waals surface area contributed by atoms with Crippen LogP contribution in [0.5, 0.6) is 0 Å². The molecule has 0 radical (unpaired) electrons. The van der Waals surface area contributed by atoms with Gasteiger partial charge in [0.1, 0.15) is 5.69 Å². The largest absolute Gasteiger partial charge is 0.461 e. The summed E-state index contributed by atoms with van der Waals surface area (Å²) in [7, 11) is 1.67. The van der Waals surface area contributed by atoms with Gasteiger partial charge in [0.15, 0.2) is 0 Å². The van der Waals surface area contributed by atoms with Crippen molar-refractivity contribution >= 4 is 23.2 Å². The molecule has 2 rings (SSSR count). The molecule has 0 aliphatic carbocycles. The SMILES string of the molecule is CCOC(=O)c1nc(C(=O)N2CCCC(COC)C2)cs1. The number of methoxy groups -OCH3 is 1. The molecule has 0 spiro atoms. The van der Waals surface area contributed by atoms with E-state index in [-0.39, 0.29) is 10.9 Å². The van der Waals surface area contributed by atoms with E-state index in [0.717, 1.165) is 30.7 Å². The molecule has 0 N–H and O–H groups in total. The minimum atomic E-state index is -0.475. The van der Waals surface area contributed by atoms with Crippen molar-refractivity contribution in [3.8, 4) is 0 Å². The molecule has 116 valence electrons. The van der Waals surface area contributed by atoms with Crippen LogP contribution >= 0.6 is 11.3 Å². The summed E-state index contributed by atoms with van der Waals surface area (Å²) < 4.78 is 10.0. The molecule has 1 aliphatic rings. The number of aromatic nitrogens is 1. The van der Waals surface area contributed by atoms with Crippen molar-refractivity contribution in [2.75, 3.05) is 33.4 Å². The molecule has 6 nitrogen and oxygen atoms in total. The number of ether oxygens (including phenoxy) is 2. The molecule has 0 bridgehead atoms. The summed E-state index contributed by atoms with van der Waals surface area (Å²) in [6.45, 7) is 4.10. The first-order valence-electron chi connectivity index (χ1n) is 7.06. The van der Waals surface area contributed by atoms with Gasteiger partial charge in [-0.3, -0.25) is 4.79 Å². The molecule has 1 atom stereocenters. The summed E-state index contributed by atoms with van der Waals surface area (Å²) in [6, 6.07) is 0. The van der Waals surface area contributed by atoms with Gasteiger partial charge < -0.3 is 14.4 Å². The van der Waals surface area contributed by atoms with E-state index < -0.39 is 5.97 Å². The summed E-state index contributed by atoms with van der Waals surface area (Å²) >= 11 is 1.14. The summed E-state index contributed by atoms with van der Waals surface area (Å²) in [5.74, 6) is -0.226. The number of nitrogens with zero attached hydrogens (tertiary/aromatic N) is 2. The summed E-state index contributed by atoms with van der Waals surface area (Å²) in [6.07, 6.45) is 2.04. The van der Waals surface area contributed by atoms with Crippen molar-refractivity contribution in [3.05, 3.63) is 16.1 Å². The van der Waals surface area contributed by atoms with Gasteiger partial charge in [0, 0.05) is 25.6 Å². The minimum Gasteiger partial charge on any atom is -0.461 e. The summed E-state index contributed by atoms with van der Waals surface area (Å²) in [5, 5.41) is 1.85. The van der Waals surface area contributed by atoms with E-state index in [0.29, 0.717) is 31.4 Å². The molecular weight excluding hydrogens is 292 g/mol. The Kier molecular flexibility index (Phi) is 5.69. The lowest BCUT2D eigenvalue weighted by Crippen LogP contribution is -2.41. The lowest BCUT2D eigenvalue weighted by Gasteiger charge is -2.31. The van der Waals surface area contributed by atoms with E-state index in [4.69, 9.17) is 9.47 Å². The predicted molar refractivity (Wildman–Crippen MR) is 78.6 cm³/mol. The van der Waals surface area contributed by atoms with Crippen molar-refractivity contribution < 1.29 is 19.1 Å². The van der Waals surface area contributed by atoms with Crippen LogP contribution in [0.3, 0.4) is 0 Å². The Morgan fingerprint density at radius 3 is 3.05 bits per heavy atom. The number of piperidine rings is 1. The third kappa shape index (κ3) is 4.01. The molecule has 1 unspecified atom stereocenters. The van der Waals surface area contributed by atoms with Crippen LogP contribution in [0.15, 0.2) is 5.38 Å². The Bertz CT molecular complexity index is 501. The number of amides is 1. The number of hydrogen-bond acceptors (Lipinski definition) is 6. The van der Waals surface area contributed by atoms with E-state index in [1.54, 1.807) is 24.3 Å². The van der Waals surface area contributed by atoms with E-state index in [9.17, 15) is 9.59 Å². The molecule has 1 aromatic heterocycles. The Labute approximate surface area is 128 Å². The minimum absolute atomic E-state index is 0.123. The van der Waals surface area contributed by atoms with Crippen molar-refractivity contribution in [1.29, 1.82) is 0 Å². The van der Waals surface area contributed by atoms with Crippen LogP contribution in [0.1, 0.15) is 40.1 Å². The number of esters is 1. The van der Waals surface area contributed by atoms with Gasteiger partial charge >= 0.3 is 5.97 Å². The molecule has 0 aromatic carbocycles. The van der Waals surface area contributed by atoms with Crippen molar-refractivity contribution in [2.24, 2.45) is 5.92 Å². The third-order valence-electron chi connectivity index (χ3n) is 3.38. The second-order valence-electron chi connectivity index (χ2n) is 4.97. The lowest BCUT2D eigenvalue weighted by molar-refractivity contribution is 0.0525. The van der Waals surface area contributed by atoms with E-state index in [2.05, 4.69) is 4.98 Å². The van der Waals surface area contributed by atoms with E-state index >= 15 is 0 Å². The zero-order valence-electron chi connectivity index (χ0n) is 12.3. The van der Waals surface area contributed by atoms with Crippen LogP contribution in [-0.2, 0) is 9.47 Å². The third-order valence-corrected chi connectivity index (χ3v) is 4.20. The van der Waals surface area contributed by atoms with Gasteiger partial charge in [-0.2, -0.15) is 0 Å². The normalized spacial score (nSPS) is 18.6. The number of likely N-dealkylation sites (tertiary alicyclic amines) is 1. The highest BCUT2D eigenvalue weighted by Gasteiger charge is 2.26. The second-order valence-corrected chi connectivity index (χ2v) is 5.83. The molecule has 7 heteroatoms. The summed E-state index contributed by atoms with van der Waals surface area (Å²) in [5.41, 5.74) is 0.320. The van der Waals surface area contributed by atoms with Gasteiger partial charge in [0.05, 0.1) is 13.2 Å². The maximum atomic E-state index is 12.4. The van der Waals surface area contributed by atoms with Crippen LogP contribution in [0.25, 0.3) is 0 Å². The quantitative estimate of drug-likeness (QED) is 0.776. The summed E-state index contributed by atoms with van der Waals surface area (Å²) in [4.78, 5) is 29.9. The van der Waals surface area contributed by atoms with Gasteiger partial charge in [0.2, 0.25) is 5.01 Å². The molecule has 2 heterocycles. The first-order valence-corrected chi connectivity index (χ1v) is 7.94. The van der Waals surface area contributed by atoms with Gasteiger partial charge in [-0.1, -0.05) is 0 Å². The fourth-order valence-electron chi connectivity index (χ4n) is 2.44. The van der Waals surface area contributed by atoms with Gasteiger partial charge in [-0.15, -0.1) is 11.3 Å². The average Bonchev–Trinajstić information content (AvgIpc) is 2.97. The predicted octanol–water partition coefficient (Wildman–Crippen LogP) is 1.82. The fourth-order valence-corrected chi connectivity index (χ4v) is 3.12. The fraction of sp³-hybridized carbons (Fsp3) is 0.643. The van der Waals surface area contributed by atoms with Crippen LogP contribution in [0, 0.1) is 5.92 Å². The molecule has 1 aromatic rings. The molecule has 1 fully saturated rings. The molecule has 1 aliphatic heterocycles. The molecule has 21 heavy (non-hydrogen) atoms. The second kappa shape index (κ2) is 7.51. The van der Waals surface area contributed by atoms with Crippen molar-refractivity contribution in [2.45, 2.75) is 19.8 Å². The average molecular weight is 312 g/mol. The van der Waals surface area contributed by atoms with Gasteiger partial charge in [0.25, 0.3) is 5.91 Å². The number of carbonyl (C=O) groups excluding carboxylic acids is 2. The molecule has 1 saturated heterocycles. The Balaban J connectivity index is 2.01. The number of hydrogen-bond donors (Lipinski definition) is 0. The van der Waals surface area contributed by atoms with Crippen LogP contribution in [-0.4, -0.2) is 55.2 Å². The number of thiazole rings is 1. The van der Waals surface area contributed by atoms with E-state index in [1.165, 1.54) is 0 Å². The highest BCUT2D eigenvalue weighted by molar-refractivity contribution is 7.11. The Hall–Kier alpha value is -1.47. The first kappa shape index (κ1) is 15.9. The maximum Gasteiger partial charge on any atom is 0.367 e.